The fourth-order valence-electron chi connectivity index (χ4n) is 4.83. The van der Waals surface area contributed by atoms with Crippen molar-refractivity contribution < 1.29 is 28.2 Å². The fourth-order valence-corrected chi connectivity index (χ4v) is 4.83. The van der Waals surface area contributed by atoms with Crippen molar-refractivity contribution in [3.63, 3.8) is 0 Å². The number of Topliss-reactive ketones (excluding diaryl/α,β-unsaturated/α-hetero) is 1. The molecule has 1 amide bonds. The standard InChI is InChI=1S/C27H27FN2O5/c1-17-7-8-21-18(15-17)16-22(35-21)25(31)23-24(19-5-2-3-6-20(19)28)30(27(33)26(23)32)10-4-9-29-11-13-34-14-12-29/h2-3,5-8,15-16,24,32H,4,9-14H2,1H3. The maximum absolute atomic E-state index is 14.9. The van der Waals surface area contributed by atoms with Gasteiger partial charge in [-0.25, -0.2) is 4.39 Å². The molecule has 0 bridgehead atoms. The van der Waals surface area contributed by atoms with Crippen molar-refractivity contribution in [1.29, 1.82) is 0 Å². The first-order valence-electron chi connectivity index (χ1n) is 11.8. The zero-order valence-electron chi connectivity index (χ0n) is 19.5. The highest BCUT2D eigenvalue weighted by Crippen LogP contribution is 2.40. The van der Waals surface area contributed by atoms with Crippen LogP contribution in [0.3, 0.4) is 0 Å². The molecule has 3 aromatic rings. The van der Waals surface area contributed by atoms with Crippen molar-refractivity contribution >= 4 is 22.7 Å². The van der Waals surface area contributed by atoms with Gasteiger partial charge in [0, 0.05) is 37.1 Å². The van der Waals surface area contributed by atoms with E-state index in [1.165, 1.54) is 17.0 Å². The molecule has 1 N–H and O–H groups in total. The number of morpholine rings is 1. The molecule has 1 aromatic heterocycles. The van der Waals surface area contributed by atoms with E-state index in [4.69, 9.17) is 9.15 Å². The van der Waals surface area contributed by atoms with E-state index in [2.05, 4.69) is 4.90 Å². The summed E-state index contributed by atoms with van der Waals surface area (Å²) in [6.07, 6.45) is 0.607. The summed E-state index contributed by atoms with van der Waals surface area (Å²) < 4.78 is 26.1. The van der Waals surface area contributed by atoms with E-state index in [-0.39, 0.29) is 23.4 Å². The van der Waals surface area contributed by atoms with Crippen LogP contribution in [0.4, 0.5) is 4.39 Å². The number of aliphatic hydroxyl groups is 1. The Bertz CT molecular complexity index is 1310. The molecule has 2 aliphatic heterocycles. The number of carbonyl (C=O) groups excluding carboxylic acids is 2. The number of furan rings is 1. The Morgan fingerprint density at radius 3 is 2.66 bits per heavy atom. The number of ketones is 1. The Kier molecular flexibility index (Phi) is 6.40. The second-order valence-electron chi connectivity index (χ2n) is 8.97. The number of fused-ring (bicyclic) bond motifs is 1. The lowest BCUT2D eigenvalue weighted by molar-refractivity contribution is -0.129. The highest BCUT2D eigenvalue weighted by molar-refractivity contribution is 6.16. The lowest BCUT2D eigenvalue weighted by atomic mass is 9.94. The summed E-state index contributed by atoms with van der Waals surface area (Å²) in [5, 5.41) is 11.6. The van der Waals surface area contributed by atoms with Crippen LogP contribution in [-0.2, 0) is 9.53 Å². The van der Waals surface area contributed by atoms with E-state index in [9.17, 15) is 19.1 Å². The lowest BCUT2D eigenvalue weighted by Gasteiger charge is -2.30. The van der Waals surface area contributed by atoms with E-state index in [1.807, 2.05) is 19.1 Å². The Balaban J connectivity index is 1.47. The van der Waals surface area contributed by atoms with Gasteiger partial charge in [0.2, 0.25) is 5.78 Å². The minimum atomic E-state index is -1.05. The number of benzene rings is 2. The van der Waals surface area contributed by atoms with Gasteiger partial charge in [-0.1, -0.05) is 29.8 Å². The van der Waals surface area contributed by atoms with Gasteiger partial charge in [0.1, 0.15) is 11.4 Å². The van der Waals surface area contributed by atoms with Gasteiger partial charge >= 0.3 is 0 Å². The van der Waals surface area contributed by atoms with Crippen LogP contribution < -0.4 is 0 Å². The molecular formula is C27H27FN2O5. The fraction of sp³-hybridized carbons (Fsp3) is 0.333. The first-order chi connectivity index (χ1) is 16.9. The van der Waals surface area contributed by atoms with Gasteiger partial charge in [0.15, 0.2) is 11.5 Å². The normalized spacial score (nSPS) is 19.2. The van der Waals surface area contributed by atoms with Crippen LogP contribution in [-0.4, -0.2) is 66.0 Å². The Labute approximate surface area is 202 Å². The summed E-state index contributed by atoms with van der Waals surface area (Å²) in [5.74, 6) is -2.53. The van der Waals surface area contributed by atoms with Crippen molar-refractivity contribution in [2.24, 2.45) is 0 Å². The van der Waals surface area contributed by atoms with E-state index < -0.39 is 29.3 Å². The largest absolute Gasteiger partial charge is 0.503 e. The smallest absolute Gasteiger partial charge is 0.290 e. The van der Waals surface area contributed by atoms with Crippen LogP contribution >= 0.6 is 0 Å². The number of ether oxygens (including phenoxy) is 1. The molecular weight excluding hydrogens is 451 g/mol. The number of aryl methyl sites for hydroxylation is 1. The summed E-state index contributed by atoms with van der Waals surface area (Å²) in [5.41, 5.74) is 1.52. The third-order valence-electron chi connectivity index (χ3n) is 6.62. The van der Waals surface area contributed by atoms with Crippen molar-refractivity contribution in [3.8, 4) is 0 Å². The first-order valence-corrected chi connectivity index (χ1v) is 11.8. The predicted octanol–water partition coefficient (Wildman–Crippen LogP) is 4.18. The molecule has 0 spiro atoms. The molecule has 1 saturated heterocycles. The van der Waals surface area contributed by atoms with Crippen LogP contribution in [0.1, 0.15) is 34.1 Å². The number of hydrogen-bond donors (Lipinski definition) is 1. The molecule has 0 aliphatic carbocycles. The van der Waals surface area contributed by atoms with Crippen LogP contribution in [0, 0.1) is 12.7 Å². The maximum Gasteiger partial charge on any atom is 0.290 e. The summed E-state index contributed by atoms with van der Waals surface area (Å²) in [7, 11) is 0. The molecule has 1 atom stereocenters. The summed E-state index contributed by atoms with van der Waals surface area (Å²) >= 11 is 0. The topological polar surface area (TPSA) is 83.2 Å². The number of carbonyl (C=O) groups is 2. The second-order valence-corrected chi connectivity index (χ2v) is 8.97. The highest BCUT2D eigenvalue weighted by atomic mass is 19.1. The minimum absolute atomic E-state index is 0.00328. The molecule has 3 heterocycles. The average Bonchev–Trinajstić information content (AvgIpc) is 3.39. The molecule has 8 heteroatoms. The zero-order chi connectivity index (χ0) is 24.5. The van der Waals surface area contributed by atoms with Crippen LogP contribution in [0.15, 0.2) is 64.3 Å². The molecule has 2 aliphatic rings. The summed E-state index contributed by atoms with van der Waals surface area (Å²) in [6, 6.07) is 12.1. The third kappa shape index (κ3) is 4.47. The number of aliphatic hydroxyl groups excluding tert-OH is 1. The maximum atomic E-state index is 14.9. The number of nitrogens with zero attached hydrogens (tertiary/aromatic N) is 2. The molecule has 1 fully saturated rings. The molecule has 182 valence electrons. The minimum Gasteiger partial charge on any atom is -0.503 e. The van der Waals surface area contributed by atoms with Crippen LogP contribution in [0.25, 0.3) is 11.0 Å². The Hall–Kier alpha value is -3.49. The molecule has 0 saturated carbocycles. The van der Waals surface area contributed by atoms with Gasteiger partial charge in [-0.3, -0.25) is 14.5 Å². The highest BCUT2D eigenvalue weighted by Gasteiger charge is 2.45. The first kappa shape index (κ1) is 23.3. The molecule has 0 radical (unpaired) electrons. The number of halogens is 1. The summed E-state index contributed by atoms with van der Waals surface area (Å²) in [4.78, 5) is 30.3. The van der Waals surface area contributed by atoms with Crippen LogP contribution in [0.5, 0.6) is 0 Å². The quantitative estimate of drug-likeness (QED) is 0.513. The summed E-state index contributed by atoms with van der Waals surface area (Å²) in [6.45, 7) is 5.87. The SMILES string of the molecule is Cc1ccc2oc(C(=O)C3=C(O)C(=O)N(CCCN4CCOCC4)C3c3ccccc3F)cc2c1. The van der Waals surface area contributed by atoms with Gasteiger partial charge in [-0.05, 0) is 37.6 Å². The van der Waals surface area contributed by atoms with Crippen molar-refractivity contribution in [2.45, 2.75) is 19.4 Å². The van der Waals surface area contributed by atoms with Crippen molar-refractivity contribution in [1.82, 2.24) is 9.80 Å². The van der Waals surface area contributed by atoms with Gasteiger partial charge in [-0.15, -0.1) is 0 Å². The van der Waals surface area contributed by atoms with Crippen molar-refractivity contribution in [3.05, 3.63) is 82.6 Å². The monoisotopic (exact) mass is 478 g/mol. The number of amides is 1. The zero-order valence-corrected chi connectivity index (χ0v) is 19.5. The number of rotatable bonds is 7. The van der Waals surface area contributed by atoms with Gasteiger partial charge < -0.3 is 19.2 Å². The molecule has 7 nitrogen and oxygen atoms in total. The third-order valence-corrected chi connectivity index (χ3v) is 6.62. The number of hydrogen-bond acceptors (Lipinski definition) is 6. The van der Waals surface area contributed by atoms with E-state index in [0.29, 0.717) is 25.2 Å². The second kappa shape index (κ2) is 9.64. The predicted molar refractivity (Wildman–Crippen MR) is 128 cm³/mol. The molecule has 2 aromatic carbocycles. The van der Waals surface area contributed by atoms with E-state index in [0.717, 1.165) is 30.6 Å². The lowest BCUT2D eigenvalue weighted by Crippen LogP contribution is -2.39. The Morgan fingerprint density at radius 1 is 1.11 bits per heavy atom. The van der Waals surface area contributed by atoms with Crippen LogP contribution in [0.2, 0.25) is 0 Å². The molecule has 35 heavy (non-hydrogen) atoms. The van der Waals surface area contributed by atoms with Gasteiger partial charge in [0.25, 0.3) is 5.91 Å². The molecule has 1 unspecified atom stereocenters. The van der Waals surface area contributed by atoms with Gasteiger partial charge in [-0.2, -0.15) is 0 Å². The van der Waals surface area contributed by atoms with Crippen molar-refractivity contribution in [2.75, 3.05) is 39.4 Å². The Morgan fingerprint density at radius 2 is 1.89 bits per heavy atom. The van der Waals surface area contributed by atoms with E-state index >= 15 is 0 Å². The van der Waals surface area contributed by atoms with E-state index in [1.54, 1.807) is 24.3 Å². The van der Waals surface area contributed by atoms with Gasteiger partial charge in [0.05, 0.1) is 24.8 Å². The average molecular weight is 479 g/mol. The molecule has 5 rings (SSSR count).